The maximum absolute atomic E-state index is 10.8. The van der Waals surface area contributed by atoms with Gasteiger partial charge in [0.1, 0.15) is 0 Å². The maximum atomic E-state index is 10.8. The molecule has 0 atom stereocenters. The van der Waals surface area contributed by atoms with E-state index in [0.717, 1.165) is 12.1 Å². The molecule has 0 spiro atoms. The molecule has 0 aliphatic carbocycles. The number of hydrogen-bond donors (Lipinski definition) is 4. The molecule has 0 bridgehead atoms. The van der Waals surface area contributed by atoms with Crippen molar-refractivity contribution < 1.29 is 34.8 Å². The lowest BCUT2D eigenvalue weighted by atomic mass is 9.90. The summed E-state index contributed by atoms with van der Waals surface area (Å²) in [7, 11) is 0. The van der Waals surface area contributed by atoms with Gasteiger partial charge in [-0.3, -0.25) is 0 Å². The zero-order valence-electron chi connectivity index (χ0n) is 8.32. The number of aliphatic hydroxyl groups is 1. The first kappa shape index (κ1) is 12.7. The lowest BCUT2D eigenvalue weighted by molar-refractivity contribution is -0.177. The van der Waals surface area contributed by atoms with Crippen molar-refractivity contribution in [1.29, 1.82) is 0 Å². The second-order valence-electron chi connectivity index (χ2n) is 3.17. The molecule has 0 amide bonds. The average Bonchev–Trinajstić information content (AvgIpc) is 2.27. The number of carbonyl (C=O) groups is 3. The van der Waals surface area contributed by atoms with Gasteiger partial charge in [0.05, 0.1) is 5.56 Å². The minimum absolute atomic E-state index is 0.584. The van der Waals surface area contributed by atoms with Crippen LogP contribution < -0.4 is 0 Å². The van der Waals surface area contributed by atoms with Crippen LogP contribution in [-0.2, 0) is 15.2 Å². The van der Waals surface area contributed by atoms with E-state index >= 15 is 0 Å². The quantitative estimate of drug-likeness (QED) is 0.533. The summed E-state index contributed by atoms with van der Waals surface area (Å²) in [5, 5.41) is 35.9. The zero-order valence-corrected chi connectivity index (χ0v) is 8.32. The third-order valence-electron chi connectivity index (χ3n) is 2.17. The van der Waals surface area contributed by atoms with E-state index in [4.69, 9.17) is 15.3 Å². The van der Waals surface area contributed by atoms with Crippen LogP contribution in [0.15, 0.2) is 24.3 Å². The molecule has 4 N–H and O–H groups in total. The summed E-state index contributed by atoms with van der Waals surface area (Å²) in [6, 6.07) is 4.47. The predicted molar refractivity (Wildman–Crippen MR) is 52.6 cm³/mol. The molecule has 0 saturated carbocycles. The molecular weight excluding hydrogens is 232 g/mol. The third-order valence-corrected chi connectivity index (χ3v) is 2.17. The predicted octanol–water partition coefficient (Wildman–Crippen LogP) is -0.258. The standard InChI is InChI=1S/C10H8O7/c11-7(12)5-3-1-2-4-6(5)10(17,8(13)14)9(15)16/h1-4,17H,(H,11,12)(H,13,14)(H,15,16). The van der Waals surface area contributed by atoms with E-state index in [1.54, 1.807) is 0 Å². The fourth-order valence-corrected chi connectivity index (χ4v) is 1.31. The van der Waals surface area contributed by atoms with Crippen LogP contribution in [0, 0.1) is 0 Å². The molecule has 1 rings (SSSR count). The number of aromatic carboxylic acids is 1. The van der Waals surface area contributed by atoms with Crippen molar-refractivity contribution in [3.63, 3.8) is 0 Å². The highest BCUT2D eigenvalue weighted by molar-refractivity contribution is 6.05. The van der Waals surface area contributed by atoms with Crippen LogP contribution in [0.2, 0.25) is 0 Å². The van der Waals surface area contributed by atoms with Crippen LogP contribution >= 0.6 is 0 Å². The molecule has 1 aromatic rings. The Bertz CT molecular complexity index is 477. The van der Waals surface area contributed by atoms with E-state index in [0.29, 0.717) is 0 Å². The molecule has 0 aliphatic rings. The van der Waals surface area contributed by atoms with Gasteiger partial charge in [-0.1, -0.05) is 18.2 Å². The number of hydrogen-bond acceptors (Lipinski definition) is 4. The summed E-state index contributed by atoms with van der Waals surface area (Å²) in [5.41, 5.74) is -4.57. The Morgan fingerprint density at radius 2 is 1.41 bits per heavy atom. The van der Waals surface area contributed by atoms with Crippen molar-refractivity contribution in [2.75, 3.05) is 0 Å². The number of carboxylic acid groups (broad SMARTS) is 3. The van der Waals surface area contributed by atoms with E-state index in [2.05, 4.69) is 0 Å². The van der Waals surface area contributed by atoms with E-state index < -0.39 is 34.6 Å². The number of benzene rings is 1. The van der Waals surface area contributed by atoms with Crippen LogP contribution in [0.5, 0.6) is 0 Å². The topological polar surface area (TPSA) is 132 Å². The van der Waals surface area contributed by atoms with Gasteiger partial charge >= 0.3 is 17.9 Å². The highest BCUT2D eigenvalue weighted by Crippen LogP contribution is 2.25. The van der Waals surface area contributed by atoms with Gasteiger partial charge in [-0.05, 0) is 6.07 Å². The minimum atomic E-state index is -3.28. The van der Waals surface area contributed by atoms with Crippen LogP contribution in [0.4, 0.5) is 0 Å². The molecule has 7 nitrogen and oxygen atoms in total. The first-order chi connectivity index (χ1) is 7.81. The molecule has 0 unspecified atom stereocenters. The summed E-state index contributed by atoms with van der Waals surface area (Å²) < 4.78 is 0. The fraction of sp³-hybridized carbons (Fsp3) is 0.100. The van der Waals surface area contributed by atoms with Gasteiger partial charge < -0.3 is 20.4 Å². The maximum Gasteiger partial charge on any atom is 0.352 e. The van der Waals surface area contributed by atoms with Crippen molar-refractivity contribution in [1.82, 2.24) is 0 Å². The van der Waals surface area contributed by atoms with Crippen molar-refractivity contribution in [2.45, 2.75) is 5.60 Å². The number of carboxylic acids is 3. The molecule has 0 aliphatic heterocycles. The molecule has 17 heavy (non-hydrogen) atoms. The van der Waals surface area contributed by atoms with Gasteiger partial charge in [0.15, 0.2) is 0 Å². The molecule has 0 heterocycles. The highest BCUT2D eigenvalue weighted by atomic mass is 16.4. The van der Waals surface area contributed by atoms with Crippen LogP contribution in [-0.4, -0.2) is 38.3 Å². The fourth-order valence-electron chi connectivity index (χ4n) is 1.31. The average molecular weight is 240 g/mol. The van der Waals surface area contributed by atoms with Gasteiger partial charge in [-0.25, -0.2) is 14.4 Å². The first-order valence-electron chi connectivity index (χ1n) is 4.33. The van der Waals surface area contributed by atoms with Crippen LogP contribution in [0.25, 0.3) is 0 Å². The summed E-state index contributed by atoms with van der Waals surface area (Å²) in [4.78, 5) is 32.4. The molecular formula is C10H8O7. The number of rotatable bonds is 4. The van der Waals surface area contributed by atoms with Crippen LogP contribution in [0.1, 0.15) is 15.9 Å². The molecule has 7 heteroatoms. The largest absolute Gasteiger partial charge is 0.478 e. The Balaban J connectivity index is 3.55. The Kier molecular flexibility index (Phi) is 3.14. The van der Waals surface area contributed by atoms with E-state index in [1.165, 1.54) is 12.1 Å². The Morgan fingerprint density at radius 3 is 1.82 bits per heavy atom. The Morgan fingerprint density at radius 1 is 0.941 bits per heavy atom. The minimum Gasteiger partial charge on any atom is -0.478 e. The van der Waals surface area contributed by atoms with Crippen molar-refractivity contribution in [2.24, 2.45) is 0 Å². The van der Waals surface area contributed by atoms with E-state index in [-0.39, 0.29) is 0 Å². The molecule has 0 saturated heterocycles. The second kappa shape index (κ2) is 4.22. The van der Waals surface area contributed by atoms with Crippen LogP contribution in [0.3, 0.4) is 0 Å². The Hall–Kier alpha value is -2.41. The molecule has 0 fully saturated rings. The van der Waals surface area contributed by atoms with E-state index in [1.807, 2.05) is 0 Å². The van der Waals surface area contributed by atoms with Gasteiger partial charge in [0, 0.05) is 5.56 Å². The molecule has 1 aromatic carbocycles. The smallest absolute Gasteiger partial charge is 0.352 e. The lowest BCUT2D eigenvalue weighted by Gasteiger charge is -2.20. The third kappa shape index (κ3) is 1.95. The SMILES string of the molecule is O=C(O)c1ccccc1C(O)(C(=O)O)C(=O)O. The molecule has 0 radical (unpaired) electrons. The van der Waals surface area contributed by atoms with Crippen molar-refractivity contribution in [3.05, 3.63) is 35.4 Å². The van der Waals surface area contributed by atoms with Gasteiger partial charge in [-0.2, -0.15) is 0 Å². The van der Waals surface area contributed by atoms with Gasteiger partial charge in [0.2, 0.25) is 0 Å². The number of aliphatic carboxylic acids is 2. The first-order valence-corrected chi connectivity index (χ1v) is 4.33. The summed E-state index contributed by atoms with van der Waals surface area (Å²) >= 11 is 0. The van der Waals surface area contributed by atoms with Crippen molar-refractivity contribution in [3.8, 4) is 0 Å². The summed E-state index contributed by atoms with van der Waals surface area (Å²) in [6.07, 6.45) is 0. The second-order valence-corrected chi connectivity index (χ2v) is 3.17. The van der Waals surface area contributed by atoms with E-state index in [9.17, 15) is 19.5 Å². The van der Waals surface area contributed by atoms with Gasteiger partial charge in [0.25, 0.3) is 5.60 Å². The summed E-state index contributed by atoms with van der Waals surface area (Å²) in [6.45, 7) is 0. The lowest BCUT2D eigenvalue weighted by Crippen LogP contribution is -2.44. The monoisotopic (exact) mass is 240 g/mol. The van der Waals surface area contributed by atoms with Gasteiger partial charge in [-0.15, -0.1) is 0 Å². The molecule has 90 valence electrons. The zero-order chi connectivity index (χ0) is 13.2. The highest BCUT2D eigenvalue weighted by Gasteiger charge is 2.48. The summed E-state index contributed by atoms with van der Waals surface area (Å²) in [5.74, 6) is -5.64. The Labute approximate surface area is 94.6 Å². The molecule has 0 aromatic heterocycles. The normalized spacial score (nSPS) is 10.9. The van der Waals surface area contributed by atoms with Crippen molar-refractivity contribution >= 4 is 17.9 Å².